The summed E-state index contributed by atoms with van der Waals surface area (Å²) in [6.45, 7) is 7.98. The molecule has 0 spiro atoms. The van der Waals surface area contributed by atoms with Gasteiger partial charge in [-0.25, -0.2) is 0 Å². The largest absolute Gasteiger partial charge is 0.401 e. The lowest BCUT2D eigenvalue weighted by Crippen LogP contribution is -2.46. The molecule has 2 nitrogen and oxygen atoms in total. The van der Waals surface area contributed by atoms with Gasteiger partial charge in [-0.3, -0.25) is 4.90 Å². The first-order chi connectivity index (χ1) is 7.26. The summed E-state index contributed by atoms with van der Waals surface area (Å²) < 4.78 is 36.9. The van der Waals surface area contributed by atoms with Crippen LogP contribution in [0.15, 0.2) is 0 Å². The van der Waals surface area contributed by atoms with E-state index in [9.17, 15) is 13.2 Å². The van der Waals surface area contributed by atoms with Crippen LogP contribution in [0.3, 0.4) is 0 Å². The van der Waals surface area contributed by atoms with Gasteiger partial charge in [-0.2, -0.15) is 13.2 Å². The van der Waals surface area contributed by atoms with Crippen molar-refractivity contribution in [1.82, 2.24) is 10.2 Å². The van der Waals surface area contributed by atoms with E-state index in [0.717, 1.165) is 13.0 Å². The molecule has 1 N–H and O–H groups in total. The van der Waals surface area contributed by atoms with Gasteiger partial charge in [0.05, 0.1) is 6.54 Å². The molecule has 0 aliphatic rings. The second-order valence-electron chi connectivity index (χ2n) is 4.49. The van der Waals surface area contributed by atoms with Crippen molar-refractivity contribution >= 4 is 0 Å². The molecule has 0 heterocycles. The number of halogens is 3. The highest BCUT2D eigenvalue weighted by Gasteiger charge is 2.32. The molecule has 0 aliphatic heterocycles. The maximum Gasteiger partial charge on any atom is 0.401 e. The summed E-state index contributed by atoms with van der Waals surface area (Å²) in [7, 11) is 0. The summed E-state index contributed by atoms with van der Waals surface area (Å²) in [6.07, 6.45) is -3.12. The van der Waals surface area contributed by atoms with Gasteiger partial charge in [0.2, 0.25) is 0 Å². The zero-order valence-corrected chi connectivity index (χ0v) is 10.6. The van der Waals surface area contributed by atoms with Crippen LogP contribution in [0.25, 0.3) is 0 Å². The molecule has 1 unspecified atom stereocenters. The Morgan fingerprint density at radius 1 is 1.19 bits per heavy atom. The van der Waals surface area contributed by atoms with Gasteiger partial charge in [0.1, 0.15) is 0 Å². The molecule has 0 saturated heterocycles. The fourth-order valence-corrected chi connectivity index (χ4v) is 1.50. The van der Waals surface area contributed by atoms with Crippen LogP contribution in [0.4, 0.5) is 13.2 Å². The second-order valence-corrected chi connectivity index (χ2v) is 4.49. The van der Waals surface area contributed by atoms with Gasteiger partial charge in [-0.1, -0.05) is 6.92 Å². The monoisotopic (exact) mass is 240 g/mol. The quantitative estimate of drug-likeness (QED) is 0.736. The minimum absolute atomic E-state index is 0.0877. The van der Waals surface area contributed by atoms with Crippen LogP contribution in [0, 0.1) is 0 Å². The second kappa shape index (κ2) is 7.12. The Morgan fingerprint density at radius 2 is 1.75 bits per heavy atom. The molecule has 0 aliphatic carbocycles. The van der Waals surface area contributed by atoms with Crippen molar-refractivity contribution in [3.63, 3.8) is 0 Å². The van der Waals surface area contributed by atoms with Gasteiger partial charge in [0, 0.05) is 18.6 Å². The van der Waals surface area contributed by atoms with E-state index in [0.29, 0.717) is 6.54 Å². The van der Waals surface area contributed by atoms with E-state index in [1.807, 2.05) is 13.8 Å². The molecule has 0 amide bonds. The molecule has 1 atom stereocenters. The average molecular weight is 240 g/mol. The molecule has 0 aromatic carbocycles. The van der Waals surface area contributed by atoms with Gasteiger partial charge in [-0.05, 0) is 33.7 Å². The number of alkyl halides is 3. The van der Waals surface area contributed by atoms with Crippen molar-refractivity contribution in [1.29, 1.82) is 0 Å². The summed E-state index contributed by atoms with van der Waals surface area (Å²) in [5.41, 5.74) is 0. The molecule has 0 radical (unpaired) electrons. The summed E-state index contributed by atoms with van der Waals surface area (Å²) in [5.74, 6) is 0. The van der Waals surface area contributed by atoms with E-state index in [4.69, 9.17) is 0 Å². The Labute approximate surface area is 96.2 Å². The van der Waals surface area contributed by atoms with Crippen LogP contribution in [0.5, 0.6) is 0 Å². The fourth-order valence-electron chi connectivity index (χ4n) is 1.50. The zero-order chi connectivity index (χ0) is 12.8. The molecule has 0 fully saturated rings. The lowest BCUT2D eigenvalue weighted by atomic mass is 10.2. The molecule has 0 saturated carbocycles. The summed E-state index contributed by atoms with van der Waals surface area (Å²) in [6, 6.07) is -0.00259. The van der Waals surface area contributed by atoms with Crippen molar-refractivity contribution in [2.75, 3.05) is 19.6 Å². The predicted molar refractivity (Wildman–Crippen MR) is 60.5 cm³/mol. The van der Waals surface area contributed by atoms with Gasteiger partial charge in [0.25, 0.3) is 0 Å². The van der Waals surface area contributed by atoms with Crippen molar-refractivity contribution in [2.45, 2.75) is 52.4 Å². The SMILES string of the molecule is CCCNC(C)CN(CC(F)(F)F)C(C)C. The van der Waals surface area contributed by atoms with Gasteiger partial charge in [0.15, 0.2) is 0 Å². The van der Waals surface area contributed by atoms with Crippen LogP contribution < -0.4 is 5.32 Å². The first-order valence-corrected chi connectivity index (χ1v) is 5.80. The van der Waals surface area contributed by atoms with E-state index in [2.05, 4.69) is 5.32 Å². The van der Waals surface area contributed by atoms with Crippen molar-refractivity contribution in [3.8, 4) is 0 Å². The number of hydrogen-bond donors (Lipinski definition) is 1. The Hall–Kier alpha value is -0.290. The van der Waals surface area contributed by atoms with Crippen LogP contribution in [-0.4, -0.2) is 42.8 Å². The Morgan fingerprint density at radius 3 is 2.12 bits per heavy atom. The van der Waals surface area contributed by atoms with Gasteiger partial charge < -0.3 is 5.32 Å². The Bertz CT molecular complexity index is 181. The number of rotatable bonds is 7. The molecular formula is C11H23F3N2. The first-order valence-electron chi connectivity index (χ1n) is 5.80. The van der Waals surface area contributed by atoms with E-state index < -0.39 is 12.7 Å². The third-order valence-electron chi connectivity index (χ3n) is 2.36. The molecule has 98 valence electrons. The van der Waals surface area contributed by atoms with E-state index in [1.54, 1.807) is 13.8 Å². The van der Waals surface area contributed by atoms with Crippen LogP contribution >= 0.6 is 0 Å². The molecule has 0 aromatic heterocycles. The summed E-state index contributed by atoms with van der Waals surface area (Å²) in [4.78, 5) is 1.45. The number of nitrogens with zero attached hydrogens (tertiary/aromatic N) is 1. The standard InChI is InChI=1S/C11H23F3N2/c1-5-6-15-10(4)7-16(9(2)3)8-11(12,13)14/h9-10,15H,5-8H2,1-4H3. The highest BCUT2D eigenvalue weighted by molar-refractivity contribution is 4.73. The molecule has 0 bridgehead atoms. The Balaban J connectivity index is 4.12. The first kappa shape index (κ1) is 15.7. The minimum Gasteiger partial charge on any atom is -0.313 e. The number of nitrogens with one attached hydrogen (secondary N) is 1. The normalized spacial score (nSPS) is 14.8. The predicted octanol–water partition coefficient (Wildman–Crippen LogP) is 2.65. The van der Waals surface area contributed by atoms with Gasteiger partial charge in [-0.15, -0.1) is 0 Å². The van der Waals surface area contributed by atoms with Gasteiger partial charge >= 0.3 is 6.18 Å². The topological polar surface area (TPSA) is 15.3 Å². The smallest absolute Gasteiger partial charge is 0.313 e. The minimum atomic E-state index is -4.12. The molecular weight excluding hydrogens is 217 g/mol. The van der Waals surface area contributed by atoms with Crippen molar-refractivity contribution in [3.05, 3.63) is 0 Å². The third-order valence-corrected chi connectivity index (χ3v) is 2.36. The third kappa shape index (κ3) is 7.93. The molecule has 16 heavy (non-hydrogen) atoms. The van der Waals surface area contributed by atoms with Crippen molar-refractivity contribution < 1.29 is 13.2 Å². The molecule has 0 aromatic rings. The van der Waals surface area contributed by atoms with Crippen LogP contribution in [0.1, 0.15) is 34.1 Å². The zero-order valence-electron chi connectivity index (χ0n) is 10.6. The highest BCUT2D eigenvalue weighted by Crippen LogP contribution is 2.18. The maximum atomic E-state index is 12.3. The maximum absolute atomic E-state index is 12.3. The van der Waals surface area contributed by atoms with Crippen molar-refractivity contribution in [2.24, 2.45) is 0 Å². The van der Waals surface area contributed by atoms with E-state index in [1.165, 1.54) is 4.90 Å². The fraction of sp³-hybridized carbons (Fsp3) is 1.00. The van der Waals surface area contributed by atoms with Crippen LogP contribution in [-0.2, 0) is 0 Å². The van der Waals surface area contributed by atoms with E-state index in [-0.39, 0.29) is 12.1 Å². The summed E-state index contributed by atoms with van der Waals surface area (Å²) >= 11 is 0. The average Bonchev–Trinajstić information content (AvgIpc) is 2.11. The number of hydrogen-bond acceptors (Lipinski definition) is 2. The van der Waals surface area contributed by atoms with Crippen LogP contribution in [0.2, 0.25) is 0 Å². The summed E-state index contributed by atoms with van der Waals surface area (Å²) in [5, 5.41) is 3.19. The lowest BCUT2D eigenvalue weighted by molar-refractivity contribution is -0.150. The lowest BCUT2D eigenvalue weighted by Gasteiger charge is -2.30. The molecule has 0 rings (SSSR count). The Kier molecular flexibility index (Phi) is 6.99. The van der Waals surface area contributed by atoms with E-state index >= 15 is 0 Å². The highest BCUT2D eigenvalue weighted by atomic mass is 19.4. The molecule has 5 heteroatoms.